The number of para-hydroxylation sites is 2. The summed E-state index contributed by atoms with van der Waals surface area (Å²) in [4.78, 5) is 10.1. The van der Waals surface area contributed by atoms with Crippen LogP contribution < -0.4 is 0 Å². The van der Waals surface area contributed by atoms with E-state index in [1.165, 1.54) is 92.7 Å². The average molecular weight is 725 g/mol. The second-order valence-corrected chi connectivity index (χ2v) is 15.4. The second kappa shape index (κ2) is 11.5. The molecule has 0 amide bonds. The smallest absolute Gasteiger partial charge is 0.235 e. The summed E-state index contributed by atoms with van der Waals surface area (Å²) in [5, 5.41) is 12.5. The minimum absolute atomic E-state index is 0.702. The van der Waals surface area contributed by atoms with E-state index in [0.29, 0.717) is 5.95 Å². The summed E-state index contributed by atoms with van der Waals surface area (Å²) in [7, 11) is 0. The molecule has 1 aliphatic carbocycles. The van der Waals surface area contributed by atoms with Crippen LogP contribution in [-0.2, 0) is 6.42 Å². The van der Waals surface area contributed by atoms with Crippen LogP contribution in [0, 0.1) is 0 Å². The van der Waals surface area contributed by atoms with Gasteiger partial charge in [0.15, 0.2) is 0 Å². The first kappa shape index (κ1) is 30.7. The zero-order valence-electron chi connectivity index (χ0n) is 30.8. The molecule has 0 atom stereocenters. The van der Waals surface area contributed by atoms with Gasteiger partial charge in [-0.2, -0.15) is 0 Å². The first-order valence-corrected chi connectivity index (χ1v) is 19.6. The predicted octanol–water partition coefficient (Wildman–Crippen LogP) is 13.4. The van der Waals surface area contributed by atoms with Gasteiger partial charge in [0.1, 0.15) is 0 Å². The molecule has 0 radical (unpaired) electrons. The lowest BCUT2D eigenvalue weighted by molar-refractivity contribution is 0.980. The first-order chi connectivity index (χ1) is 28.3. The summed E-state index contributed by atoms with van der Waals surface area (Å²) < 4.78 is 4.66. The number of hydrogen-bond acceptors (Lipinski definition) is 2. The third-order valence-electron chi connectivity index (χ3n) is 12.4. The molecule has 4 heteroatoms. The van der Waals surface area contributed by atoms with Gasteiger partial charge in [0, 0.05) is 51.0 Å². The standard InChI is InChI=1S/C53H32N4/c1-2-12-37-34(11-1)27-35-31-54-53(55-52(35)37)57-49-20-10-8-18-44(49)47-29-33(22-26-51(47)57)32-21-25-50-46(28-32)43-17-7-9-19-48(43)56(50)36-23-24-42-40-15-4-3-13-38(40)39-14-5-6-16-41(39)45(42)30-36/h1-26,28-31H,27H2. The van der Waals surface area contributed by atoms with Gasteiger partial charge in [0.2, 0.25) is 5.95 Å². The summed E-state index contributed by atoms with van der Waals surface area (Å²) in [6, 6.07) is 64.4. The van der Waals surface area contributed by atoms with E-state index >= 15 is 0 Å². The highest BCUT2D eigenvalue weighted by atomic mass is 15.2. The fraction of sp³-hybridized carbons (Fsp3) is 0.0189. The highest BCUT2D eigenvalue weighted by Crippen LogP contribution is 2.41. The van der Waals surface area contributed by atoms with E-state index in [-0.39, 0.29) is 0 Å². The Morgan fingerprint density at radius 2 is 0.877 bits per heavy atom. The monoisotopic (exact) mass is 724 g/mol. The number of nitrogens with zero attached hydrogens (tertiary/aromatic N) is 4. The predicted molar refractivity (Wildman–Crippen MR) is 237 cm³/mol. The SMILES string of the molecule is c1ccc2c(c1)Cc1cnc(-n3c4ccccc4c4cc(-c5ccc6c(c5)c5ccccc5n6-c5ccc6c7ccccc7c7ccccc7c6c5)ccc43)nc1-2. The van der Waals surface area contributed by atoms with E-state index in [9.17, 15) is 0 Å². The van der Waals surface area contributed by atoms with Gasteiger partial charge in [-0.05, 0) is 97.5 Å². The van der Waals surface area contributed by atoms with E-state index in [0.717, 1.165) is 28.8 Å². The van der Waals surface area contributed by atoms with Gasteiger partial charge < -0.3 is 4.57 Å². The fourth-order valence-corrected chi connectivity index (χ4v) is 9.81. The van der Waals surface area contributed by atoms with Crippen molar-refractivity contribution in [3.05, 3.63) is 193 Å². The summed E-state index contributed by atoms with van der Waals surface area (Å²) in [5.41, 5.74) is 12.9. The molecule has 3 aromatic heterocycles. The van der Waals surface area contributed by atoms with E-state index in [2.05, 4.69) is 185 Å². The van der Waals surface area contributed by atoms with Crippen molar-refractivity contribution in [1.82, 2.24) is 19.1 Å². The highest BCUT2D eigenvalue weighted by Gasteiger charge is 2.23. The molecule has 3 heterocycles. The molecule has 0 spiro atoms. The van der Waals surface area contributed by atoms with Crippen molar-refractivity contribution in [2.75, 3.05) is 0 Å². The Balaban J connectivity index is 0.978. The maximum Gasteiger partial charge on any atom is 0.235 e. The van der Waals surface area contributed by atoms with Gasteiger partial charge in [-0.1, -0.05) is 127 Å². The third-order valence-corrected chi connectivity index (χ3v) is 12.4. The van der Waals surface area contributed by atoms with Crippen LogP contribution in [0.2, 0.25) is 0 Å². The van der Waals surface area contributed by atoms with Gasteiger partial charge in [0.25, 0.3) is 0 Å². The molecule has 57 heavy (non-hydrogen) atoms. The van der Waals surface area contributed by atoms with Crippen molar-refractivity contribution in [2.24, 2.45) is 0 Å². The first-order valence-electron chi connectivity index (χ1n) is 19.6. The summed E-state index contributed by atoms with van der Waals surface area (Å²) in [6.07, 6.45) is 2.89. The van der Waals surface area contributed by atoms with Crippen LogP contribution in [0.25, 0.3) is 110 Å². The number of aromatic nitrogens is 4. The number of hydrogen-bond donors (Lipinski definition) is 0. The molecule has 1 aliphatic rings. The lowest BCUT2D eigenvalue weighted by Crippen LogP contribution is -2.02. The van der Waals surface area contributed by atoms with Gasteiger partial charge in [-0.15, -0.1) is 0 Å². The molecule has 9 aromatic carbocycles. The van der Waals surface area contributed by atoms with Crippen LogP contribution in [0.4, 0.5) is 0 Å². The molecule has 13 rings (SSSR count). The third kappa shape index (κ3) is 4.32. The molecule has 4 nitrogen and oxygen atoms in total. The summed E-state index contributed by atoms with van der Waals surface area (Å²) >= 11 is 0. The molecule has 12 aromatic rings. The maximum atomic E-state index is 5.20. The maximum absolute atomic E-state index is 5.20. The molecule has 0 unspecified atom stereocenters. The molecule has 0 saturated carbocycles. The molecular formula is C53H32N4. The van der Waals surface area contributed by atoms with Crippen LogP contribution in [0.3, 0.4) is 0 Å². The van der Waals surface area contributed by atoms with Crippen LogP contribution in [0.1, 0.15) is 11.1 Å². The van der Waals surface area contributed by atoms with E-state index in [4.69, 9.17) is 9.97 Å². The van der Waals surface area contributed by atoms with Crippen molar-refractivity contribution >= 4 is 75.9 Å². The quantitative estimate of drug-likeness (QED) is 0.170. The van der Waals surface area contributed by atoms with Gasteiger partial charge in [-0.3, -0.25) is 4.57 Å². The lowest BCUT2D eigenvalue weighted by atomic mass is 9.94. The largest absolute Gasteiger partial charge is 0.309 e. The Morgan fingerprint density at radius 1 is 0.368 bits per heavy atom. The molecule has 0 saturated heterocycles. The van der Waals surface area contributed by atoms with Crippen molar-refractivity contribution < 1.29 is 0 Å². The highest BCUT2D eigenvalue weighted by molar-refractivity contribution is 6.25. The minimum Gasteiger partial charge on any atom is -0.309 e. The average Bonchev–Trinajstić information content (AvgIpc) is 3.93. The van der Waals surface area contributed by atoms with Crippen LogP contribution >= 0.6 is 0 Å². The Labute approximate surface area is 327 Å². The Morgan fingerprint density at radius 3 is 1.54 bits per heavy atom. The van der Waals surface area contributed by atoms with Crippen molar-refractivity contribution in [2.45, 2.75) is 6.42 Å². The van der Waals surface area contributed by atoms with Gasteiger partial charge in [-0.25, -0.2) is 9.97 Å². The van der Waals surface area contributed by atoms with E-state index in [1.807, 2.05) is 6.20 Å². The molecule has 0 bridgehead atoms. The lowest BCUT2D eigenvalue weighted by Gasteiger charge is -2.14. The van der Waals surface area contributed by atoms with Crippen molar-refractivity contribution in [3.63, 3.8) is 0 Å². The van der Waals surface area contributed by atoms with Crippen LogP contribution in [-0.4, -0.2) is 19.1 Å². The van der Waals surface area contributed by atoms with Crippen LogP contribution in [0.5, 0.6) is 0 Å². The Bertz CT molecular complexity index is 3640. The molecular weight excluding hydrogens is 693 g/mol. The fourth-order valence-electron chi connectivity index (χ4n) is 9.81. The van der Waals surface area contributed by atoms with Crippen molar-refractivity contribution in [3.8, 4) is 34.0 Å². The Kier molecular flexibility index (Phi) is 6.19. The second-order valence-electron chi connectivity index (χ2n) is 15.4. The summed E-state index contributed by atoms with van der Waals surface area (Å²) in [5.74, 6) is 0.702. The van der Waals surface area contributed by atoms with E-state index in [1.54, 1.807) is 0 Å². The number of rotatable bonds is 3. The zero-order chi connectivity index (χ0) is 37.2. The molecule has 264 valence electrons. The molecule has 0 aliphatic heterocycles. The van der Waals surface area contributed by atoms with Crippen molar-refractivity contribution in [1.29, 1.82) is 0 Å². The van der Waals surface area contributed by atoms with Gasteiger partial charge in [0.05, 0.1) is 27.8 Å². The van der Waals surface area contributed by atoms with E-state index < -0.39 is 0 Å². The summed E-state index contributed by atoms with van der Waals surface area (Å²) in [6.45, 7) is 0. The topological polar surface area (TPSA) is 35.6 Å². The Hall–Kier alpha value is -7.56. The molecule has 0 fully saturated rings. The van der Waals surface area contributed by atoms with Gasteiger partial charge >= 0.3 is 0 Å². The number of benzene rings is 9. The minimum atomic E-state index is 0.702. The normalized spacial score (nSPS) is 12.5. The molecule has 0 N–H and O–H groups in total. The zero-order valence-corrected chi connectivity index (χ0v) is 30.8. The number of fused-ring (bicyclic) bond motifs is 15. The van der Waals surface area contributed by atoms with Crippen LogP contribution in [0.15, 0.2) is 182 Å².